The van der Waals surface area contributed by atoms with E-state index in [2.05, 4.69) is 24.6 Å². The Morgan fingerprint density at radius 1 is 0.891 bits per heavy atom. The van der Waals surface area contributed by atoms with E-state index in [1.165, 1.54) is 14.2 Å². The fraction of sp³-hybridized carbons (Fsp3) is 0.538. The fourth-order valence-electron chi connectivity index (χ4n) is 5.75. The van der Waals surface area contributed by atoms with Crippen LogP contribution in [0, 0.1) is 0 Å². The van der Waals surface area contributed by atoms with Crippen LogP contribution >= 0.6 is 8.38 Å². The first-order chi connectivity index (χ1) is 22.0. The summed E-state index contributed by atoms with van der Waals surface area (Å²) < 4.78 is 26.4. The van der Waals surface area contributed by atoms with Crippen LogP contribution in [0.15, 0.2) is 21.7 Å². The number of anilines is 2. The molecular weight excluding hydrogens is 635 g/mol. The number of hydrogen-bond acceptors (Lipinski definition) is 17. The molecule has 19 nitrogen and oxygen atoms in total. The van der Waals surface area contributed by atoms with Crippen molar-refractivity contribution in [3.63, 3.8) is 0 Å². The molecule has 0 aromatic carbocycles. The van der Waals surface area contributed by atoms with Gasteiger partial charge in [-0.1, -0.05) is 12.2 Å². The van der Waals surface area contributed by atoms with E-state index < -0.39 is 63.7 Å². The Labute approximate surface area is 261 Å². The van der Waals surface area contributed by atoms with Crippen LogP contribution in [0.3, 0.4) is 0 Å². The lowest BCUT2D eigenvalue weighted by atomic mass is 10.00. The molecule has 2 aromatic rings. The minimum Gasteiger partial charge on any atom is -0.394 e. The average Bonchev–Trinajstić information content (AvgIpc) is 3.79. The van der Waals surface area contributed by atoms with Gasteiger partial charge in [0.15, 0.2) is 0 Å². The van der Waals surface area contributed by atoms with Crippen LogP contribution in [0.4, 0.5) is 11.9 Å². The van der Waals surface area contributed by atoms with Crippen molar-refractivity contribution in [3.8, 4) is 0 Å². The van der Waals surface area contributed by atoms with E-state index in [-0.39, 0.29) is 29.6 Å². The highest BCUT2D eigenvalue weighted by Gasteiger charge is 2.49. The van der Waals surface area contributed by atoms with E-state index in [1.807, 2.05) is 6.08 Å². The van der Waals surface area contributed by atoms with Gasteiger partial charge in [0.2, 0.25) is 26.6 Å². The summed E-state index contributed by atoms with van der Waals surface area (Å²) >= 11 is 0. The molecule has 2 fully saturated rings. The van der Waals surface area contributed by atoms with E-state index in [0.717, 1.165) is 0 Å². The van der Waals surface area contributed by atoms with Gasteiger partial charge in [0, 0.05) is 36.5 Å². The minimum atomic E-state index is -2.20. The number of H-pyrrole nitrogens is 2. The smallest absolute Gasteiger partial charge is 0.256 e. The molecule has 2 saturated heterocycles. The Morgan fingerprint density at radius 3 is 1.87 bits per heavy atom. The zero-order chi connectivity index (χ0) is 33.3. The number of aromatic nitrogens is 4. The third kappa shape index (κ3) is 6.50. The van der Waals surface area contributed by atoms with Gasteiger partial charge in [-0.25, -0.2) is 9.97 Å². The molecule has 0 radical (unpaired) electrons. The second kappa shape index (κ2) is 14.3. The maximum Gasteiger partial charge on any atom is 0.256 e. The van der Waals surface area contributed by atoms with Gasteiger partial charge in [-0.15, -0.1) is 0 Å². The van der Waals surface area contributed by atoms with Crippen molar-refractivity contribution in [3.05, 3.63) is 55.4 Å². The van der Waals surface area contributed by atoms with Gasteiger partial charge < -0.3 is 55.7 Å². The number of methoxy groups -OCH3 is 2. The molecule has 2 aliphatic heterocycles. The molecule has 9 atom stereocenters. The molecule has 2 aliphatic carbocycles. The van der Waals surface area contributed by atoms with Crippen molar-refractivity contribution >= 4 is 31.4 Å². The van der Waals surface area contributed by atoms with Gasteiger partial charge in [-0.3, -0.25) is 19.6 Å². The first-order valence-corrected chi connectivity index (χ1v) is 15.3. The lowest BCUT2D eigenvalue weighted by molar-refractivity contribution is -0.327. The van der Waals surface area contributed by atoms with E-state index in [0.29, 0.717) is 46.5 Å². The average molecular weight is 671 g/mol. The van der Waals surface area contributed by atoms with Crippen molar-refractivity contribution in [1.82, 2.24) is 19.9 Å². The molecule has 0 spiro atoms. The molecule has 4 heterocycles. The predicted octanol–water partition coefficient (Wildman–Crippen LogP) is -2.98. The van der Waals surface area contributed by atoms with Crippen LogP contribution in [-0.2, 0) is 41.4 Å². The van der Waals surface area contributed by atoms with Crippen molar-refractivity contribution in [2.75, 3.05) is 38.6 Å². The standard InChI is InChI=1S/C13H18N3O8P.C13H17N3O5/c1-21-10-8(18)12(23-24-25(20)4-17)22-9(10)5-2-3-6-7(5)15-13(14)16-11(6)19;1-20-11-9(18)7(4-17)21-10(11)5-2-3-6-8(5)15-13(14)16-12(6)19/h2,8-10,12,17-18,20H,3-4H2,1H3,(H3,14,15,16,19);2,7,9-11,17-18H,3-4H2,1H3,(H3,14,15,16,19)/t8-,9+,10?,12-,25?;7-,9+,10+,11?/m11/s1. The molecule has 46 heavy (non-hydrogen) atoms. The fourth-order valence-corrected chi connectivity index (χ4v) is 5.98. The van der Waals surface area contributed by atoms with Crippen LogP contribution in [0.25, 0.3) is 11.1 Å². The van der Waals surface area contributed by atoms with Crippen LogP contribution in [0.5, 0.6) is 0 Å². The molecule has 0 bridgehead atoms. The number of rotatable bonds is 9. The molecule has 11 N–H and O–H groups in total. The molecule has 20 heteroatoms. The molecule has 0 saturated carbocycles. The number of ether oxygens (including phenoxy) is 4. The highest BCUT2D eigenvalue weighted by Crippen LogP contribution is 2.39. The van der Waals surface area contributed by atoms with E-state index in [1.54, 1.807) is 6.08 Å². The summed E-state index contributed by atoms with van der Waals surface area (Å²) in [6, 6.07) is 0. The number of aromatic amines is 2. The Kier molecular flexibility index (Phi) is 10.6. The predicted molar refractivity (Wildman–Crippen MR) is 158 cm³/mol. The van der Waals surface area contributed by atoms with E-state index in [4.69, 9.17) is 40.4 Å². The quantitative estimate of drug-likeness (QED) is 0.0730. The molecule has 0 amide bonds. The third-order valence-electron chi connectivity index (χ3n) is 7.88. The summed E-state index contributed by atoms with van der Waals surface area (Å²) in [5.41, 5.74) is 13.6. The second-order valence-corrected chi connectivity index (χ2v) is 11.7. The lowest BCUT2D eigenvalue weighted by Gasteiger charge is -2.20. The summed E-state index contributed by atoms with van der Waals surface area (Å²) in [4.78, 5) is 51.1. The summed E-state index contributed by atoms with van der Waals surface area (Å²) in [6.45, 7) is -0.317. The number of fused-ring (bicyclic) bond motifs is 2. The van der Waals surface area contributed by atoms with Crippen molar-refractivity contribution < 1.29 is 53.8 Å². The Balaban J connectivity index is 0.000000184. The van der Waals surface area contributed by atoms with Crippen LogP contribution in [-0.4, -0.2) is 121 Å². The van der Waals surface area contributed by atoms with Crippen LogP contribution in [0.2, 0.25) is 0 Å². The number of aliphatic hydroxyl groups excluding tert-OH is 4. The van der Waals surface area contributed by atoms with Gasteiger partial charge in [0.05, 0.1) is 18.0 Å². The highest BCUT2D eigenvalue weighted by molar-refractivity contribution is 7.45. The number of nitrogens with two attached hydrogens (primary N) is 2. The number of nitrogens with zero attached hydrogens (tertiary/aromatic N) is 2. The largest absolute Gasteiger partial charge is 0.394 e. The number of allylic oxidation sites excluding steroid dienone is 2. The van der Waals surface area contributed by atoms with Gasteiger partial charge in [-0.05, 0) is 12.8 Å². The van der Waals surface area contributed by atoms with Crippen molar-refractivity contribution in [2.24, 2.45) is 0 Å². The maximum absolute atomic E-state index is 12.0. The first kappa shape index (κ1) is 34.2. The summed E-state index contributed by atoms with van der Waals surface area (Å²) in [5, 5.41) is 38.4. The van der Waals surface area contributed by atoms with Crippen LogP contribution < -0.4 is 22.6 Å². The van der Waals surface area contributed by atoms with E-state index in [9.17, 15) is 29.8 Å². The Hall–Kier alpha value is -3.17. The zero-order valence-corrected chi connectivity index (χ0v) is 25.5. The summed E-state index contributed by atoms with van der Waals surface area (Å²) in [7, 11) is 0.648. The molecule has 2 aromatic heterocycles. The lowest BCUT2D eigenvalue weighted by Crippen LogP contribution is -2.36. The maximum atomic E-state index is 12.0. The zero-order valence-electron chi connectivity index (χ0n) is 24.6. The molecular formula is C26H35N6O13P. The molecule has 4 aliphatic rings. The van der Waals surface area contributed by atoms with Gasteiger partial charge in [-0.2, -0.15) is 9.56 Å². The molecule has 252 valence electrons. The number of hydrogen-bond donors (Lipinski definition) is 9. The first-order valence-electron chi connectivity index (χ1n) is 13.9. The second-order valence-electron chi connectivity index (χ2n) is 10.5. The normalized spacial score (nSPS) is 30.3. The van der Waals surface area contributed by atoms with E-state index >= 15 is 0 Å². The van der Waals surface area contributed by atoms with Crippen molar-refractivity contribution in [1.29, 1.82) is 0 Å². The number of nitrogen functional groups attached to an aromatic ring is 2. The number of aliphatic hydroxyl groups is 4. The summed E-state index contributed by atoms with van der Waals surface area (Å²) in [5.74, 6) is -0.00756. The monoisotopic (exact) mass is 670 g/mol. The van der Waals surface area contributed by atoms with Gasteiger partial charge in [0.25, 0.3) is 11.1 Å². The topological polar surface area (TPSA) is 300 Å². The third-order valence-corrected chi connectivity index (χ3v) is 8.38. The van der Waals surface area contributed by atoms with Crippen LogP contribution in [0.1, 0.15) is 22.5 Å². The SMILES string of the molecule is COC1[C@@H](O)[C@@H](CO)O[C@H]1C1=CCc2c1nc(N)[nH]c2=O.COC1[C@@H](O)[C@@H](OOP(O)CO)O[C@H]1C1=CCc2c1nc(N)[nH]c2=O. The Morgan fingerprint density at radius 2 is 1.39 bits per heavy atom. The minimum absolute atomic E-state index is 0.0257. The summed E-state index contributed by atoms with van der Waals surface area (Å²) in [6.07, 6.45) is -3.34. The number of nitrogens with one attached hydrogen (secondary N) is 2. The van der Waals surface area contributed by atoms with Crippen molar-refractivity contribution in [2.45, 2.75) is 61.9 Å². The molecule has 6 rings (SSSR count). The molecule has 3 unspecified atom stereocenters. The van der Waals surface area contributed by atoms with Gasteiger partial charge in [0.1, 0.15) is 49.1 Å². The van der Waals surface area contributed by atoms with Gasteiger partial charge >= 0.3 is 0 Å². The highest BCUT2D eigenvalue weighted by atomic mass is 31.2. The Bertz CT molecular complexity index is 1600.